The molecule has 0 bridgehead atoms. The minimum absolute atomic E-state index is 0.250. The number of hydrogen-bond donors (Lipinski definition) is 0. The lowest BCUT2D eigenvalue weighted by Gasteiger charge is -2.39. The minimum atomic E-state index is -2.29. The molecule has 0 amide bonds. The summed E-state index contributed by atoms with van der Waals surface area (Å²) < 4.78 is 25.7. The molecule has 0 unspecified atom stereocenters. The van der Waals surface area contributed by atoms with Crippen LogP contribution in [0.4, 0.5) is 4.79 Å². The normalized spacial score (nSPS) is 19.2. The molecule has 2 heterocycles. The van der Waals surface area contributed by atoms with Gasteiger partial charge in [0.25, 0.3) is 0 Å². The monoisotopic (exact) mass is 524 g/mol. The van der Waals surface area contributed by atoms with Gasteiger partial charge >= 0.3 is 6.09 Å². The molecule has 1 fully saturated rings. The van der Waals surface area contributed by atoms with E-state index >= 15 is 0 Å². The van der Waals surface area contributed by atoms with E-state index in [4.69, 9.17) is 9.47 Å². The number of piperidine rings is 1. The second kappa shape index (κ2) is 10.3. The predicted octanol–water partition coefficient (Wildman–Crippen LogP) is 6.96. The van der Waals surface area contributed by atoms with Crippen molar-refractivity contribution in [3.05, 3.63) is 59.3 Å². The Kier molecular flexibility index (Phi) is 7.65. The smallest absolute Gasteiger partial charge is 0.419 e. The quantitative estimate of drug-likeness (QED) is 0.338. The van der Waals surface area contributed by atoms with Crippen LogP contribution in [-0.4, -0.2) is 48.1 Å². The van der Waals surface area contributed by atoms with Gasteiger partial charge in [0.2, 0.25) is 0 Å². The van der Waals surface area contributed by atoms with Crippen LogP contribution in [0.15, 0.2) is 42.6 Å². The summed E-state index contributed by atoms with van der Waals surface area (Å²) in [5.41, 5.74) is 3.57. The van der Waals surface area contributed by atoms with Crippen LogP contribution in [0.5, 0.6) is 5.75 Å². The number of hydrogen-bond acceptors (Lipinski definition) is 5. The third-order valence-corrected chi connectivity index (χ3v) is 8.82. The first-order chi connectivity index (χ1) is 17.3. The molecule has 0 saturated carbocycles. The second-order valence-corrected chi connectivity index (χ2v) is 15.1. The summed E-state index contributed by atoms with van der Waals surface area (Å²) in [6, 6.07) is 12.6. The molecule has 2 atom stereocenters. The van der Waals surface area contributed by atoms with Gasteiger partial charge in [-0.25, -0.2) is 4.79 Å². The fourth-order valence-corrected chi connectivity index (χ4v) is 6.22. The lowest BCUT2D eigenvalue weighted by molar-refractivity contribution is 0.0544. The molecule has 6 nitrogen and oxygen atoms in total. The molecular weight excluding hydrogens is 483 g/mol. The van der Waals surface area contributed by atoms with E-state index in [2.05, 4.69) is 24.0 Å². The van der Waals surface area contributed by atoms with E-state index < -0.39 is 12.7 Å². The molecule has 1 saturated heterocycles. The van der Waals surface area contributed by atoms with Crippen molar-refractivity contribution in [2.45, 2.75) is 65.6 Å². The van der Waals surface area contributed by atoms with Crippen molar-refractivity contribution in [1.82, 2.24) is 9.47 Å². The van der Waals surface area contributed by atoms with E-state index in [1.807, 2.05) is 65.3 Å². The molecule has 0 spiro atoms. The maximum Gasteiger partial charge on any atom is 0.419 e. The van der Waals surface area contributed by atoms with Crippen LogP contribution in [0.2, 0.25) is 0 Å². The maximum atomic E-state index is 13.0. The van der Waals surface area contributed by atoms with E-state index in [1.165, 1.54) is 5.56 Å². The van der Waals surface area contributed by atoms with E-state index in [0.29, 0.717) is 12.5 Å². The van der Waals surface area contributed by atoms with Crippen LogP contribution in [0.1, 0.15) is 63.3 Å². The lowest BCUT2D eigenvalue weighted by Crippen LogP contribution is -2.36. The highest BCUT2D eigenvalue weighted by Gasteiger charge is 2.30. The Bertz CT molecular complexity index is 1330. The number of likely N-dealkylation sites (tertiary alicyclic amines) is 1. The van der Waals surface area contributed by atoms with Crippen molar-refractivity contribution in [2.24, 2.45) is 5.92 Å². The van der Waals surface area contributed by atoms with E-state index in [1.54, 1.807) is 17.9 Å². The molecule has 7 heteroatoms. The number of aromatic nitrogens is 1. The average molecular weight is 525 g/mol. The average Bonchev–Trinajstić information content (AvgIpc) is 3.26. The first kappa shape index (κ1) is 27.5. The van der Waals surface area contributed by atoms with Crippen LogP contribution in [-0.2, 0) is 15.8 Å². The Balaban J connectivity index is 1.73. The van der Waals surface area contributed by atoms with Gasteiger partial charge in [-0.05, 0) is 89.6 Å². The fraction of sp³-hybridized carbons (Fsp3) is 0.500. The number of benzene rings is 2. The molecular formula is C30H41N2O4P. The minimum Gasteiger partial charge on any atom is -0.496 e. The van der Waals surface area contributed by atoms with Gasteiger partial charge in [-0.15, -0.1) is 0 Å². The third-order valence-electron chi connectivity index (χ3n) is 7.28. The van der Waals surface area contributed by atoms with Crippen molar-refractivity contribution in [3.63, 3.8) is 0 Å². The highest BCUT2D eigenvalue weighted by atomic mass is 31.2. The number of ether oxygens (including phenoxy) is 2. The largest absolute Gasteiger partial charge is 0.496 e. The highest BCUT2D eigenvalue weighted by Crippen LogP contribution is 2.40. The maximum absolute atomic E-state index is 13.0. The summed E-state index contributed by atoms with van der Waals surface area (Å²) in [6.07, 6.45) is 3.61. The Morgan fingerprint density at radius 2 is 1.81 bits per heavy atom. The summed E-state index contributed by atoms with van der Waals surface area (Å²) in [6.45, 7) is 15.3. The predicted molar refractivity (Wildman–Crippen MR) is 152 cm³/mol. The molecule has 4 rings (SSSR count). The zero-order valence-corrected chi connectivity index (χ0v) is 24.4. The van der Waals surface area contributed by atoms with Crippen molar-refractivity contribution >= 4 is 29.4 Å². The fourth-order valence-electron chi connectivity index (χ4n) is 5.36. The Morgan fingerprint density at radius 3 is 2.41 bits per heavy atom. The van der Waals surface area contributed by atoms with Crippen LogP contribution in [0, 0.1) is 12.8 Å². The zero-order chi connectivity index (χ0) is 27.1. The van der Waals surface area contributed by atoms with Crippen LogP contribution in [0.25, 0.3) is 10.9 Å². The van der Waals surface area contributed by atoms with Gasteiger partial charge in [0.05, 0.1) is 12.6 Å². The number of nitrogens with zero attached hydrogens (tertiary/aromatic N) is 2. The van der Waals surface area contributed by atoms with Crippen molar-refractivity contribution in [3.8, 4) is 5.75 Å². The number of fused-ring (bicyclic) bond motifs is 1. The zero-order valence-electron chi connectivity index (χ0n) is 23.5. The molecule has 1 aromatic heterocycles. The third kappa shape index (κ3) is 5.97. The van der Waals surface area contributed by atoms with Gasteiger partial charge in [-0.3, -0.25) is 9.47 Å². The highest BCUT2D eigenvalue weighted by molar-refractivity contribution is 7.70. The second-order valence-electron chi connectivity index (χ2n) is 11.9. The Morgan fingerprint density at radius 1 is 1.14 bits per heavy atom. The van der Waals surface area contributed by atoms with E-state index in [0.717, 1.165) is 52.5 Å². The standard InChI is InChI=1S/C30H41N2O4P/c1-20-13-15-31(26(17-20)22-9-11-23(12-10-22)37(7,8)34)19-25-24-14-16-32(29(33)36-30(3,4)5)28(24)21(2)18-27(25)35-6/h9-12,14,16,18,20,26H,13,15,17,19H2,1-8H3/t20-,26+/m1/s1. The summed E-state index contributed by atoms with van der Waals surface area (Å²) >= 11 is 0. The molecule has 1 aliphatic heterocycles. The molecule has 2 aromatic carbocycles. The molecule has 37 heavy (non-hydrogen) atoms. The van der Waals surface area contributed by atoms with Crippen LogP contribution >= 0.6 is 7.14 Å². The molecule has 0 aliphatic carbocycles. The van der Waals surface area contributed by atoms with Crippen molar-refractivity contribution in [1.29, 1.82) is 0 Å². The molecule has 1 aliphatic rings. The summed E-state index contributed by atoms with van der Waals surface area (Å²) in [5.74, 6) is 1.45. The molecule has 3 aromatic rings. The number of methoxy groups -OCH3 is 1. The number of aryl methyl sites for hydroxylation is 1. The lowest BCUT2D eigenvalue weighted by atomic mass is 9.87. The van der Waals surface area contributed by atoms with Gasteiger partial charge in [0.15, 0.2) is 0 Å². The number of carbonyl (C=O) groups excluding carboxylic acids is 1. The first-order valence-electron chi connectivity index (χ1n) is 13.1. The summed E-state index contributed by atoms with van der Waals surface area (Å²) in [4.78, 5) is 15.5. The SMILES string of the molecule is COc1cc(C)c2c(ccn2C(=O)OC(C)(C)C)c1CN1CC[C@@H](C)C[C@H]1c1ccc(P(C)(C)=O)cc1. The van der Waals surface area contributed by atoms with Gasteiger partial charge < -0.3 is 14.0 Å². The molecule has 0 radical (unpaired) electrons. The van der Waals surface area contributed by atoms with Crippen molar-refractivity contribution < 1.29 is 18.8 Å². The van der Waals surface area contributed by atoms with E-state index in [9.17, 15) is 9.36 Å². The first-order valence-corrected chi connectivity index (χ1v) is 15.7. The van der Waals surface area contributed by atoms with E-state index in [-0.39, 0.29) is 12.1 Å². The Labute approximate surface area is 221 Å². The Hall–Kier alpha value is -2.56. The van der Waals surface area contributed by atoms with Gasteiger partial charge in [0.1, 0.15) is 18.5 Å². The van der Waals surface area contributed by atoms with Crippen LogP contribution < -0.4 is 10.0 Å². The number of carbonyl (C=O) groups is 1. The van der Waals surface area contributed by atoms with Gasteiger partial charge in [-0.2, -0.15) is 0 Å². The van der Waals surface area contributed by atoms with Crippen LogP contribution in [0.3, 0.4) is 0 Å². The van der Waals surface area contributed by atoms with Crippen molar-refractivity contribution in [2.75, 3.05) is 27.0 Å². The van der Waals surface area contributed by atoms with Gasteiger partial charge in [0, 0.05) is 35.0 Å². The topological polar surface area (TPSA) is 60.8 Å². The summed E-state index contributed by atoms with van der Waals surface area (Å²) in [7, 11) is -0.587. The van der Waals surface area contributed by atoms with Gasteiger partial charge in [-0.1, -0.05) is 31.2 Å². The number of rotatable bonds is 5. The summed E-state index contributed by atoms with van der Waals surface area (Å²) in [5, 5.41) is 1.92. The molecule has 200 valence electrons. The molecule has 0 N–H and O–H groups in total.